The molecule has 1 fully saturated rings. The Morgan fingerprint density at radius 3 is 1.92 bits per heavy atom. The second-order valence-corrected chi connectivity index (χ2v) is 6.55. The third-order valence-electron chi connectivity index (χ3n) is 1.53. The average molecular weight is 251 g/mol. The predicted octanol–water partition coefficient (Wildman–Crippen LogP) is 1.20. The molecule has 0 atom stereocenters. The van der Waals surface area contributed by atoms with Gasteiger partial charge in [0, 0.05) is 21.4 Å². The number of hydrogen-bond donors (Lipinski definition) is 2. The lowest BCUT2D eigenvalue weighted by molar-refractivity contribution is -0.0471. The van der Waals surface area contributed by atoms with E-state index in [0.717, 1.165) is 12.3 Å². The second kappa shape index (κ2) is 6.03. The van der Waals surface area contributed by atoms with E-state index in [1.807, 2.05) is 0 Å². The molecule has 0 aromatic carbocycles. The van der Waals surface area contributed by atoms with E-state index in [-0.39, 0.29) is 0 Å². The fourth-order valence-corrected chi connectivity index (χ4v) is 0.791. The summed E-state index contributed by atoms with van der Waals surface area (Å²) < 4.78 is 18.3. The fraction of sp³-hybridized carbons (Fsp3) is 1.00. The highest BCUT2D eigenvalue weighted by molar-refractivity contribution is 8.31. The van der Waals surface area contributed by atoms with Crippen molar-refractivity contribution in [2.75, 3.05) is 0 Å². The summed E-state index contributed by atoms with van der Waals surface area (Å²) in [6, 6.07) is 0. The van der Waals surface area contributed by atoms with Crippen LogP contribution in [0.5, 0.6) is 0 Å². The van der Waals surface area contributed by atoms with Crippen molar-refractivity contribution in [3.8, 4) is 0 Å². The number of rotatable bonds is 3. The van der Waals surface area contributed by atoms with Crippen LogP contribution in [0.15, 0.2) is 0 Å². The topological polar surface area (TPSA) is 74.6 Å². The van der Waals surface area contributed by atoms with Crippen molar-refractivity contribution < 1.29 is 18.6 Å². The minimum Gasteiger partial charge on any atom is -0.368 e. The van der Waals surface area contributed by atoms with Crippen molar-refractivity contribution in [1.82, 2.24) is 0 Å². The lowest BCUT2D eigenvalue weighted by Gasteiger charge is -1.98. The highest BCUT2D eigenvalue weighted by Crippen LogP contribution is 2.33. The van der Waals surface area contributed by atoms with Crippen LogP contribution < -0.4 is 0 Å². The molecule has 0 aromatic heterocycles. The lowest BCUT2D eigenvalue weighted by atomic mass is 10.2. The van der Waals surface area contributed by atoms with E-state index in [1.165, 1.54) is 12.8 Å². The zero-order chi connectivity index (χ0) is 10.5. The Kier molecular flexibility index (Phi) is 6.24. The molecule has 0 heterocycles. The molecule has 1 rings (SSSR count). The minimum atomic E-state index is -3.72. The number of aliphatic hydroxyl groups is 2. The van der Waals surface area contributed by atoms with E-state index >= 15 is 0 Å². The monoisotopic (exact) mass is 250 g/mol. The van der Waals surface area contributed by atoms with Gasteiger partial charge in [0.15, 0.2) is 6.29 Å². The highest BCUT2D eigenvalue weighted by atomic mass is 36.0. The maximum atomic E-state index is 9.16. The van der Waals surface area contributed by atoms with Crippen LogP contribution in [-0.4, -0.2) is 24.9 Å². The summed E-state index contributed by atoms with van der Waals surface area (Å²) in [6.07, 6.45) is 3.08. The molecule has 1 saturated carbocycles. The third kappa shape index (κ3) is 19.0. The first-order valence-corrected chi connectivity index (χ1v) is 6.93. The Balaban J connectivity index is 0.000000252. The van der Waals surface area contributed by atoms with E-state index in [2.05, 4.69) is 21.4 Å². The number of halogens is 2. The van der Waals surface area contributed by atoms with Gasteiger partial charge in [0.05, 0.1) is 0 Å². The Bertz CT molecular complexity index is 213. The van der Waals surface area contributed by atoms with Crippen LogP contribution in [-0.2, 0) is 8.26 Å². The number of aliphatic hydroxyl groups excluding tert-OH is 1. The molecule has 0 aromatic rings. The van der Waals surface area contributed by atoms with Gasteiger partial charge in [-0.05, 0) is 18.8 Å². The van der Waals surface area contributed by atoms with Gasteiger partial charge in [0.1, 0.15) is 0 Å². The van der Waals surface area contributed by atoms with Gasteiger partial charge >= 0.3 is 8.26 Å². The normalized spacial score (nSPS) is 16.7. The molecule has 1 aliphatic carbocycles. The lowest BCUT2D eigenvalue weighted by Crippen LogP contribution is -2.03. The molecule has 80 valence electrons. The third-order valence-corrected chi connectivity index (χ3v) is 1.53. The van der Waals surface area contributed by atoms with Crippen molar-refractivity contribution in [1.29, 1.82) is 0 Å². The van der Waals surface area contributed by atoms with E-state index in [1.54, 1.807) is 0 Å². The summed E-state index contributed by atoms with van der Waals surface area (Å²) in [7, 11) is 4.81. The smallest absolute Gasteiger partial charge is 0.317 e. The summed E-state index contributed by atoms with van der Waals surface area (Å²) in [5.41, 5.74) is 0. The van der Waals surface area contributed by atoms with Crippen LogP contribution in [0.2, 0.25) is 0 Å². The van der Waals surface area contributed by atoms with Crippen molar-refractivity contribution in [2.24, 2.45) is 5.92 Å². The Hall–Kier alpha value is 0.450. The second-order valence-electron chi connectivity index (χ2n) is 2.88. The molecular formula is C6H12Cl2O4S. The average Bonchev–Trinajstić information content (AvgIpc) is 2.60. The van der Waals surface area contributed by atoms with Gasteiger partial charge in [-0.1, -0.05) is 12.8 Å². The van der Waals surface area contributed by atoms with E-state index in [0.29, 0.717) is 6.42 Å². The molecule has 0 unspecified atom stereocenters. The van der Waals surface area contributed by atoms with Gasteiger partial charge < -0.3 is 10.2 Å². The van der Waals surface area contributed by atoms with Crippen molar-refractivity contribution in [3.05, 3.63) is 0 Å². The van der Waals surface area contributed by atoms with Crippen LogP contribution in [0, 0.1) is 5.92 Å². The van der Waals surface area contributed by atoms with Crippen molar-refractivity contribution in [2.45, 2.75) is 32.0 Å². The molecule has 4 nitrogen and oxygen atoms in total. The first-order valence-electron chi connectivity index (χ1n) is 3.79. The summed E-state index contributed by atoms with van der Waals surface area (Å²) in [4.78, 5) is 0. The Morgan fingerprint density at radius 2 is 1.69 bits per heavy atom. The van der Waals surface area contributed by atoms with Crippen LogP contribution in [0.1, 0.15) is 25.7 Å². The van der Waals surface area contributed by atoms with Crippen molar-refractivity contribution >= 4 is 29.6 Å². The summed E-state index contributed by atoms with van der Waals surface area (Å²) >= 11 is 0. The summed E-state index contributed by atoms with van der Waals surface area (Å²) in [6.45, 7) is 0. The maximum Gasteiger partial charge on any atom is 0.317 e. The van der Waals surface area contributed by atoms with Crippen LogP contribution >= 0.6 is 21.4 Å². The van der Waals surface area contributed by atoms with E-state index < -0.39 is 14.6 Å². The molecule has 2 N–H and O–H groups in total. The van der Waals surface area contributed by atoms with Gasteiger partial charge in [0.25, 0.3) is 0 Å². The molecule has 0 saturated heterocycles. The van der Waals surface area contributed by atoms with Crippen LogP contribution in [0.3, 0.4) is 0 Å². The van der Waals surface area contributed by atoms with Gasteiger partial charge in [-0.15, -0.1) is 0 Å². The Labute approximate surface area is 86.4 Å². The summed E-state index contributed by atoms with van der Waals surface area (Å²) in [5, 5.41) is 16.8. The predicted molar refractivity (Wildman–Crippen MR) is 50.8 cm³/mol. The Morgan fingerprint density at radius 1 is 1.31 bits per heavy atom. The van der Waals surface area contributed by atoms with Crippen molar-refractivity contribution in [3.63, 3.8) is 0 Å². The van der Waals surface area contributed by atoms with E-state index in [9.17, 15) is 0 Å². The highest BCUT2D eigenvalue weighted by Gasteiger charge is 2.21. The standard InChI is InChI=1S/C6H12O2.Cl2O2S/c7-6(8)4-3-5-1-2-5;1-5(2,3)4/h5-8H,1-4H2;. The molecule has 7 heteroatoms. The van der Waals surface area contributed by atoms with Gasteiger partial charge in [-0.3, -0.25) is 0 Å². The largest absolute Gasteiger partial charge is 0.368 e. The first-order chi connectivity index (χ1) is 5.79. The van der Waals surface area contributed by atoms with Gasteiger partial charge in [-0.2, -0.15) is 8.42 Å². The fourth-order valence-electron chi connectivity index (χ4n) is 0.791. The molecule has 0 amide bonds. The zero-order valence-electron chi connectivity index (χ0n) is 6.86. The molecular weight excluding hydrogens is 239 g/mol. The molecule has 1 aliphatic rings. The van der Waals surface area contributed by atoms with Crippen LogP contribution in [0.25, 0.3) is 0 Å². The minimum absolute atomic E-state index is 0.560. The molecule has 0 radical (unpaired) electrons. The quantitative estimate of drug-likeness (QED) is 0.583. The van der Waals surface area contributed by atoms with Gasteiger partial charge in [0.2, 0.25) is 0 Å². The SMILES string of the molecule is O=S(=O)(Cl)Cl.OC(O)CCC1CC1. The summed E-state index contributed by atoms with van der Waals surface area (Å²) in [5.74, 6) is 0.816. The van der Waals surface area contributed by atoms with Gasteiger partial charge in [-0.25, -0.2) is 0 Å². The molecule has 0 bridgehead atoms. The zero-order valence-corrected chi connectivity index (χ0v) is 9.19. The van der Waals surface area contributed by atoms with E-state index in [4.69, 9.17) is 18.6 Å². The molecule has 0 aliphatic heterocycles. The molecule has 0 spiro atoms. The maximum absolute atomic E-state index is 9.16. The number of hydrogen-bond acceptors (Lipinski definition) is 4. The van der Waals surface area contributed by atoms with Crippen LogP contribution in [0.4, 0.5) is 0 Å². The first kappa shape index (κ1) is 13.4. The molecule has 13 heavy (non-hydrogen) atoms.